The Morgan fingerprint density at radius 2 is 2.31 bits per heavy atom. The fourth-order valence-corrected chi connectivity index (χ4v) is 1.86. The number of hydrogen-bond acceptors (Lipinski definition) is 3. The number of nitrogens with zero attached hydrogens (tertiary/aromatic N) is 2. The number of hydrogen-bond donors (Lipinski definition) is 1. The molecule has 0 spiro atoms. The van der Waals surface area contributed by atoms with E-state index in [4.69, 9.17) is 5.11 Å². The molecule has 0 radical (unpaired) electrons. The molecule has 5 nitrogen and oxygen atoms in total. The molecule has 1 aliphatic heterocycles. The van der Waals surface area contributed by atoms with Crippen LogP contribution in [0.25, 0.3) is 0 Å². The van der Waals surface area contributed by atoms with E-state index in [9.17, 15) is 9.59 Å². The van der Waals surface area contributed by atoms with Crippen LogP contribution in [0.5, 0.6) is 0 Å². The number of anilines is 1. The molecular weight excluding hydrogens is 276 g/mol. The molecule has 0 aromatic carbocycles. The van der Waals surface area contributed by atoms with E-state index in [2.05, 4.69) is 20.9 Å². The molecule has 6 heteroatoms. The molecule has 16 heavy (non-hydrogen) atoms. The van der Waals surface area contributed by atoms with E-state index in [0.717, 1.165) is 4.47 Å². The van der Waals surface area contributed by atoms with Crippen LogP contribution in [-0.2, 0) is 9.59 Å². The Bertz CT molecular complexity index is 432. The molecule has 84 valence electrons. The van der Waals surface area contributed by atoms with Gasteiger partial charge in [0.1, 0.15) is 5.82 Å². The highest BCUT2D eigenvalue weighted by Crippen LogP contribution is 2.24. The van der Waals surface area contributed by atoms with Crippen molar-refractivity contribution in [1.29, 1.82) is 0 Å². The molecule has 2 heterocycles. The second-order valence-electron chi connectivity index (χ2n) is 3.58. The molecular formula is C10H9BrN2O3. The maximum Gasteiger partial charge on any atom is 0.308 e. The van der Waals surface area contributed by atoms with E-state index in [1.54, 1.807) is 18.3 Å². The SMILES string of the molecule is O=C(O)C1CC(=O)N(c2ccc(Br)cn2)C1. The monoisotopic (exact) mass is 284 g/mol. The van der Waals surface area contributed by atoms with Crippen LogP contribution >= 0.6 is 15.9 Å². The van der Waals surface area contributed by atoms with E-state index in [1.165, 1.54) is 4.90 Å². The lowest BCUT2D eigenvalue weighted by atomic mass is 10.1. The summed E-state index contributed by atoms with van der Waals surface area (Å²) in [4.78, 5) is 27.8. The van der Waals surface area contributed by atoms with E-state index in [1.807, 2.05) is 0 Å². The number of amides is 1. The Kier molecular flexibility index (Phi) is 2.91. The average molecular weight is 285 g/mol. The lowest BCUT2D eigenvalue weighted by Crippen LogP contribution is -2.26. The Balaban J connectivity index is 2.20. The van der Waals surface area contributed by atoms with Crippen molar-refractivity contribution in [2.45, 2.75) is 6.42 Å². The van der Waals surface area contributed by atoms with Crippen LogP contribution in [0.4, 0.5) is 5.82 Å². The van der Waals surface area contributed by atoms with E-state index in [-0.39, 0.29) is 18.9 Å². The van der Waals surface area contributed by atoms with Gasteiger partial charge >= 0.3 is 5.97 Å². The van der Waals surface area contributed by atoms with Gasteiger partial charge in [-0.25, -0.2) is 4.98 Å². The third-order valence-electron chi connectivity index (χ3n) is 2.46. The summed E-state index contributed by atoms with van der Waals surface area (Å²) in [5, 5.41) is 8.83. The third kappa shape index (κ3) is 2.06. The van der Waals surface area contributed by atoms with Gasteiger partial charge in [-0.2, -0.15) is 0 Å². The van der Waals surface area contributed by atoms with Gasteiger partial charge in [0.15, 0.2) is 0 Å². The second kappa shape index (κ2) is 4.21. The summed E-state index contributed by atoms with van der Waals surface area (Å²) in [6.45, 7) is 0.197. The average Bonchev–Trinajstić information content (AvgIpc) is 2.62. The van der Waals surface area contributed by atoms with Gasteiger partial charge in [0.05, 0.1) is 5.92 Å². The van der Waals surface area contributed by atoms with Gasteiger partial charge in [-0.1, -0.05) is 0 Å². The summed E-state index contributed by atoms with van der Waals surface area (Å²) in [6, 6.07) is 3.45. The van der Waals surface area contributed by atoms with Crippen molar-refractivity contribution in [3.05, 3.63) is 22.8 Å². The number of halogens is 1. The summed E-state index contributed by atoms with van der Waals surface area (Å²) < 4.78 is 0.817. The molecule has 1 N–H and O–H groups in total. The molecule has 1 aliphatic rings. The Hall–Kier alpha value is -1.43. The zero-order valence-electron chi connectivity index (χ0n) is 8.26. The lowest BCUT2D eigenvalue weighted by Gasteiger charge is -2.14. The summed E-state index contributed by atoms with van der Waals surface area (Å²) in [6.07, 6.45) is 1.63. The molecule has 1 amide bonds. The first-order valence-corrected chi connectivity index (χ1v) is 5.52. The summed E-state index contributed by atoms with van der Waals surface area (Å²) in [5.41, 5.74) is 0. The first-order chi connectivity index (χ1) is 7.58. The third-order valence-corrected chi connectivity index (χ3v) is 2.93. The molecule has 0 bridgehead atoms. The van der Waals surface area contributed by atoms with Gasteiger partial charge in [-0.15, -0.1) is 0 Å². The van der Waals surface area contributed by atoms with Crippen LogP contribution in [0.1, 0.15) is 6.42 Å². The molecule has 1 aromatic rings. The molecule has 1 atom stereocenters. The predicted molar refractivity (Wildman–Crippen MR) is 60.0 cm³/mol. The summed E-state index contributed by atoms with van der Waals surface area (Å²) in [7, 11) is 0. The minimum atomic E-state index is -0.937. The molecule has 1 aromatic heterocycles. The standard InChI is InChI=1S/C10H9BrN2O3/c11-7-1-2-8(12-4-7)13-5-6(10(15)16)3-9(13)14/h1-2,4,6H,3,5H2,(H,15,16). The van der Waals surface area contributed by atoms with Crippen molar-refractivity contribution < 1.29 is 14.7 Å². The van der Waals surface area contributed by atoms with Gasteiger partial charge in [0.25, 0.3) is 0 Å². The van der Waals surface area contributed by atoms with Crippen LogP contribution in [0.3, 0.4) is 0 Å². The first kappa shape index (κ1) is 11.1. The van der Waals surface area contributed by atoms with Gasteiger partial charge in [-0.3, -0.25) is 14.5 Å². The maximum atomic E-state index is 11.6. The van der Waals surface area contributed by atoms with E-state index < -0.39 is 11.9 Å². The highest BCUT2D eigenvalue weighted by molar-refractivity contribution is 9.10. The quantitative estimate of drug-likeness (QED) is 0.888. The van der Waals surface area contributed by atoms with E-state index in [0.29, 0.717) is 5.82 Å². The fraction of sp³-hybridized carbons (Fsp3) is 0.300. The minimum absolute atomic E-state index is 0.0487. The van der Waals surface area contributed by atoms with E-state index >= 15 is 0 Å². The largest absolute Gasteiger partial charge is 0.481 e. The molecule has 0 aliphatic carbocycles. The van der Waals surface area contributed by atoms with Crippen LogP contribution < -0.4 is 4.90 Å². The highest BCUT2D eigenvalue weighted by Gasteiger charge is 2.35. The van der Waals surface area contributed by atoms with Crippen molar-refractivity contribution in [3.8, 4) is 0 Å². The highest BCUT2D eigenvalue weighted by atomic mass is 79.9. The molecule has 0 saturated carbocycles. The first-order valence-electron chi connectivity index (χ1n) is 4.72. The van der Waals surface area contributed by atoms with Gasteiger partial charge < -0.3 is 5.11 Å². The normalized spacial score (nSPS) is 20.2. The summed E-state index contributed by atoms with van der Waals surface area (Å²) in [5.74, 6) is -1.26. The van der Waals surface area contributed by atoms with Gasteiger partial charge in [0.2, 0.25) is 5.91 Å². The number of pyridine rings is 1. The van der Waals surface area contributed by atoms with Crippen LogP contribution in [0, 0.1) is 5.92 Å². The number of carboxylic acids is 1. The number of carbonyl (C=O) groups is 2. The molecule has 1 saturated heterocycles. The number of carboxylic acid groups (broad SMARTS) is 1. The topological polar surface area (TPSA) is 70.5 Å². The Morgan fingerprint density at radius 3 is 2.81 bits per heavy atom. The fourth-order valence-electron chi connectivity index (χ4n) is 1.62. The van der Waals surface area contributed by atoms with Crippen molar-refractivity contribution in [3.63, 3.8) is 0 Å². The minimum Gasteiger partial charge on any atom is -0.481 e. The van der Waals surface area contributed by atoms with Crippen LogP contribution in [-0.4, -0.2) is 28.5 Å². The second-order valence-corrected chi connectivity index (χ2v) is 4.49. The number of carbonyl (C=O) groups excluding carboxylic acids is 1. The number of aromatic nitrogens is 1. The van der Waals surface area contributed by atoms with Crippen LogP contribution in [0.2, 0.25) is 0 Å². The van der Waals surface area contributed by atoms with Crippen LogP contribution in [0.15, 0.2) is 22.8 Å². The number of rotatable bonds is 2. The Morgan fingerprint density at radius 1 is 1.56 bits per heavy atom. The smallest absolute Gasteiger partial charge is 0.308 e. The number of aliphatic carboxylic acids is 1. The maximum absolute atomic E-state index is 11.6. The van der Waals surface area contributed by atoms with Crippen molar-refractivity contribution in [2.75, 3.05) is 11.4 Å². The Labute approximate surface area is 100 Å². The summed E-state index contributed by atoms with van der Waals surface area (Å²) >= 11 is 3.24. The van der Waals surface area contributed by atoms with Gasteiger partial charge in [0, 0.05) is 23.6 Å². The van der Waals surface area contributed by atoms with Crippen molar-refractivity contribution in [1.82, 2.24) is 4.98 Å². The zero-order valence-corrected chi connectivity index (χ0v) is 9.85. The van der Waals surface area contributed by atoms with Gasteiger partial charge in [-0.05, 0) is 28.1 Å². The van der Waals surface area contributed by atoms with Crippen molar-refractivity contribution >= 4 is 33.6 Å². The van der Waals surface area contributed by atoms with Crippen molar-refractivity contribution in [2.24, 2.45) is 5.92 Å². The molecule has 1 unspecified atom stereocenters. The zero-order chi connectivity index (χ0) is 11.7. The molecule has 1 fully saturated rings. The lowest BCUT2D eigenvalue weighted by molar-refractivity contribution is -0.141. The predicted octanol–water partition coefficient (Wildman–Crippen LogP) is 1.28. The molecule has 2 rings (SSSR count).